The van der Waals surface area contributed by atoms with Gasteiger partial charge >= 0.3 is 0 Å². The van der Waals surface area contributed by atoms with Crippen LogP contribution in [-0.4, -0.2) is 59.2 Å². The zero-order valence-electron chi connectivity index (χ0n) is 10.8. The second kappa shape index (κ2) is 6.27. The summed E-state index contributed by atoms with van der Waals surface area (Å²) in [5.74, 6) is 0. The van der Waals surface area contributed by atoms with Crippen molar-refractivity contribution >= 4 is 17.2 Å². The van der Waals surface area contributed by atoms with E-state index in [0.29, 0.717) is 0 Å². The number of hydrogen-bond acceptors (Lipinski definition) is 3. The van der Waals surface area contributed by atoms with E-state index in [4.69, 9.17) is 17.3 Å². The summed E-state index contributed by atoms with van der Waals surface area (Å²) < 4.78 is 0. The normalized spacial score (nSPS) is 16.9. The molecule has 1 N–H and O–H groups in total. The monoisotopic (exact) mass is 264 g/mol. The third-order valence-corrected chi connectivity index (χ3v) is 3.87. The Balaban J connectivity index is 1.93. The zero-order chi connectivity index (χ0) is 13.0. The highest BCUT2D eigenvalue weighted by atomic mass is 32.1. The Morgan fingerprint density at radius 1 is 1.17 bits per heavy atom. The predicted molar refractivity (Wildman–Crippen MR) is 78.0 cm³/mol. The van der Waals surface area contributed by atoms with Crippen LogP contribution in [0, 0.1) is 6.92 Å². The number of piperazine rings is 1. The van der Waals surface area contributed by atoms with Crippen molar-refractivity contribution in [3.8, 4) is 0 Å². The van der Waals surface area contributed by atoms with Gasteiger partial charge in [0.15, 0.2) is 0 Å². The van der Waals surface area contributed by atoms with Gasteiger partial charge in [0.1, 0.15) is 4.99 Å². The third-order valence-electron chi connectivity index (χ3n) is 3.37. The summed E-state index contributed by atoms with van der Waals surface area (Å²) in [7, 11) is 0. The van der Waals surface area contributed by atoms with E-state index in [9.17, 15) is 0 Å². The molecule has 1 fully saturated rings. The van der Waals surface area contributed by atoms with E-state index in [1.807, 2.05) is 0 Å². The van der Waals surface area contributed by atoms with E-state index in [0.717, 1.165) is 43.3 Å². The molecule has 0 amide bonds. The Hall–Kier alpha value is -0.970. The van der Waals surface area contributed by atoms with Crippen molar-refractivity contribution < 1.29 is 5.11 Å². The van der Waals surface area contributed by atoms with Crippen molar-refractivity contribution in [1.29, 1.82) is 0 Å². The lowest BCUT2D eigenvalue weighted by atomic mass is 10.1. The van der Waals surface area contributed by atoms with Crippen LogP contribution in [0.4, 0.5) is 0 Å². The standard InChI is InChI=1S/C14H20N2OS/c1-12-2-4-13(5-3-12)14(18)16-8-6-15(7-9-16)10-11-17/h2-5,17H,6-11H2,1H3. The van der Waals surface area contributed by atoms with Crippen molar-refractivity contribution in [3.05, 3.63) is 35.4 Å². The van der Waals surface area contributed by atoms with Gasteiger partial charge in [0.2, 0.25) is 0 Å². The fourth-order valence-electron chi connectivity index (χ4n) is 2.19. The number of aliphatic hydroxyl groups is 1. The smallest absolute Gasteiger partial charge is 0.109 e. The van der Waals surface area contributed by atoms with Gasteiger partial charge in [0.25, 0.3) is 0 Å². The molecule has 0 unspecified atom stereocenters. The number of β-amino-alcohol motifs (C(OH)–C–C–N with tert-alkyl or cyclic N) is 1. The average Bonchev–Trinajstić information content (AvgIpc) is 2.40. The van der Waals surface area contributed by atoms with Crippen molar-refractivity contribution in [2.45, 2.75) is 6.92 Å². The van der Waals surface area contributed by atoms with Gasteiger partial charge in [0, 0.05) is 38.3 Å². The first-order valence-corrected chi connectivity index (χ1v) is 6.80. The lowest BCUT2D eigenvalue weighted by Gasteiger charge is -2.36. The molecule has 0 aliphatic carbocycles. The Bertz CT molecular complexity index is 397. The summed E-state index contributed by atoms with van der Waals surface area (Å²) in [5.41, 5.74) is 2.39. The highest BCUT2D eigenvalue weighted by Crippen LogP contribution is 2.11. The Kier molecular flexibility index (Phi) is 4.69. The second-order valence-electron chi connectivity index (χ2n) is 4.72. The first-order chi connectivity index (χ1) is 8.70. The van der Waals surface area contributed by atoms with Gasteiger partial charge in [-0.15, -0.1) is 0 Å². The van der Waals surface area contributed by atoms with E-state index in [1.165, 1.54) is 5.56 Å². The minimum Gasteiger partial charge on any atom is -0.395 e. The van der Waals surface area contributed by atoms with E-state index < -0.39 is 0 Å². The van der Waals surface area contributed by atoms with Gasteiger partial charge < -0.3 is 10.0 Å². The Labute approximate surface area is 114 Å². The number of hydrogen-bond donors (Lipinski definition) is 1. The largest absolute Gasteiger partial charge is 0.395 e. The van der Waals surface area contributed by atoms with Crippen molar-refractivity contribution in [1.82, 2.24) is 9.80 Å². The van der Waals surface area contributed by atoms with Crippen molar-refractivity contribution in [2.75, 3.05) is 39.3 Å². The molecule has 1 heterocycles. The molecule has 18 heavy (non-hydrogen) atoms. The molecule has 2 rings (SSSR count). The molecule has 0 bridgehead atoms. The van der Waals surface area contributed by atoms with Gasteiger partial charge in [0.05, 0.1) is 6.61 Å². The van der Waals surface area contributed by atoms with Crippen molar-refractivity contribution in [3.63, 3.8) is 0 Å². The molecule has 0 aromatic heterocycles. The number of aliphatic hydroxyl groups excluding tert-OH is 1. The second-order valence-corrected chi connectivity index (χ2v) is 5.11. The first kappa shape index (κ1) is 13.5. The van der Waals surface area contributed by atoms with Gasteiger partial charge in [-0.05, 0) is 6.92 Å². The molecule has 1 aliphatic rings. The highest BCUT2D eigenvalue weighted by Gasteiger charge is 2.18. The molecular weight excluding hydrogens is 244 g/mol. The van der Waals surface area contributed by atoms with Crippen LogP contribution in [0.5, 0.6) is 0 Å². The third kappa shape index (κ3) is 3.28. The molecule has 0 radical (unpaired) electrons. The highest BCUT2D eigenvalue weighted by molar-refractivity contribution is 7.80. The predicted octanol–water partition coefficient (Wildman–Crippen LogP) is 1.28. The van der Waals surface area contributed by atoms with Crippen LogP contribution in [0.1, 0.15) is 11.1 Å². The Morgan fingerprint density at radius 2 is 1.78 bits per heavy atom. The van der Waals surface area contributed by atoms with Gasteiger partial charge in [-0.3, -0.25) is 4.90 Å². The van der Waals surface area contributed by atoms with Crippen LogP contribution >= 0.6 is 12.2 Å². The van der Waals surface area contributed by atoms with Crippen LogP contribution in [0.15, 0.2) is 24.3 Å². The molecule has 1 saturated heterocycles. The minimum absolute atomic E-state index is 0.239. The first-order valence-electron chi connectivity index (χ1n) is 6.40. The molecule has 0 atom stereocenters. The van der Waals surface area contributed by atoms with E-state index in [-0.39, 0.29) is 6.61 Å². The molecule has 0 saturated carbocycles. The lowest BCUT2D eigenvalue weighted by Crippen LogP contribution is -2.49. The summed E-state index contributed by atoms with van der Waals surface area (Å²) in [6, 6.07) is 8.39. The maximum Gasteiger partial charge on any atom is 0.109 e. The van der Waals surface area contributed by atoms with Crippen LogP contribution in [0.2, 0.25) is 0 Å². The van der Waals surface area contributed by atoms with Crippen LogP contribution < -0.4 is 0 Å². The lowest BCUT2D eigenvalue weighted by molar-refractivity contribution is 0.148. The van der Waals surface area contributed by atoms with E-state index in [2.05, 4.69) is 41.0 Å². The number of aryl methyl sites for hydroxylation is 1. The van der Waals surface area contributed by atoms with Gasteiger partial charge in [-0.2, -0.15) is 0 Å². The molecule has 4 heteroatoms. The molecule has 1 aromatic carbocycles. The van der Waals surface area contributed by atoms with Gasteiger partial charge in [-0.25, -0.2) is 0 Å². The van der Waals surface area contributed by atoms with E-state index >= 15 is 0 Å². The fraction of sp³-hybridized carbons (Fsp3) is 0.500. The molecule has 98 valence electrons. The topological polar surface area (TPSA) is 26.7 Å². The summed E-state index contributed by atoms with van der Waals surface area (Å²) in [6.07, 6.45) is 0. The quantitative estimate of drug-likeness (QED) is 0.832. The Morgan fingerprint density at radius 3 is 2.33 bits per heavy atom. The summed E-state index contributed by atoms with van der Waals surface area (Å²) in [5, 5.41) is 8.92. The van der Waals surface area contributed by atoms with Crippen molar-refractivity contribution in [2.24, 2.45) is 0 Å². The van der Waals surface area contributed by atoms with Crippen LogP contribution in [0.3, 0.4) is 0 Å². The van der Waals surface area contributed by atoms with Gasteiger partial charge in [-0.1, -0.05) is 42.0 Å². The zero-order valence-corrected chi connectivity index (χ0v) is 11.6. The maximum absolute atomic E-state index is 8.92. The fourth-order valence-corrected chi connectivity index (χ4v) is 2.51. The summed E-state index contributed by atoms with van der Waals surface area (Å²) in [4.78, 5) is 5.47. The number of benzene rings is 1. The number of nitrogens with zero attached hydrogens (tertiary/aromatic N) is 2. The van der Waals surface area contributed by atoms with Crippen LogP contribution in [-0.2, 0) is 0 Å². The SMILES string of the molecule is Cc1ccc(C(=S)N2CCN(CCO)CC2)cc1. The summed E-state index contributed by atoms with van der Waals surface area (Å²) >= 11 is 5.55. The van der Waals surface area contributed by atoms with Crippen LogP contribution in [0.25, 0.3) is 0 Å². The molecule has 3 nitrogen and oxygen atoms in total. The van der Waals surface area contributed by atoms with E-state index in [1.54, 1.807) is 0 Å². The molecular formula is C14H20N2OS. The minimum atomic E-state index is 0.239. The number of rotatable bonds is 3. The summed E-state index contributed by atoms with van der Waals surface area (Å²) in [6.45, 7) is 6.95. The maximum atomic E-state index is 8.92. The average molecular weight is 264 g/mol. The molecule has 0 spiro atoms. The molecule has 1 aromatic rings. The number of thiocarbonyl (C=S) groups is 1. The molecule has 1 aliphatic heterocycles.